The molecule has 4 aromatic rings. The van der Waals surface area contributed by atoms with Gasteiger partial charge >= 0.3 is 0 Å². The minimum absolute atomic E-state index is 0.326. The first kappa shape index (κ1) is 28.0. The maximum Gasteiger partial charge on any atom is 0.263 e. The van der Waals surface area contributed by atoms with Gasteiger partial charge in [0.15, 0.2) is 0 Å². The van der Waals surface area contributed by atoms with Crippen LogP contribution in [0.1, 0.15) is 31.8 Å². The van der Waals surface area contributed by atoms with E-state index in [0.29, 0.717) is 45.5 Å². The lowest BCUT2D eigenvalue weighted by Crippen LogP contribution is -2.15. The summed E-state index contributed by atoms with van der Waals surface area (Å²) in [6.45, 7) is 3.86. The number of benzene rings is 4. The molecule has 0 radical (unpaired) electrons. The van der Waals surface area contributed by atoms with Crippen molar-refractivity contribution in [3.8, 4) is 34.1 Å². The lowest BCUT2D eigenvalue weighted by molar-refractivity contribution is 0.101. The number of carbonyl (C=O) groups is 2. The van der Waals surface area contributed by atoms with Crippen molar-refractivity contribution in [1.29, 1.82) is 0 Å². The number of hydrogen-bond acceptors (Lipinski definition) is 6. The summed E-state index contributed by atoms with van der Waals surface area (Å²) >= 11 is 0. The van der Waals surface area contributed by atoms with Crippen LogP contribution >= 0.6 is 0 Å². The van der Waals surface area contributed by atoms with Gasteiger partial charge in [-0.25, -0.2) is 0 Å². The van der Waals surface area contributed by atoms with Crippen molar-refractivity contribution in [3.05, 3.63) is 95.1 Å². The van der Waals surface area contributed by atoms with Gasteiger partial charge in [-0.2, -0.15) is 0 Å². The van der Waals surface area contributed by atoms with Crippen LogP contribution in [0.5, 0.6) is 23.0 Å². The van der Waals surface area contributed by atoms with Crippen LogP contribution in [0.4, 0.5) is 11.4 Å². The van der Waals surface area contributed by atoms with Gasteiger partial charge < -0.3 is 29.6 Å². The summed E-state index contributed by atoms with van der Waals surface area (Å²) in [6.07, 6.45) is 0. The monoisotopic (exact) mass is 540 g/mol. The predicted octanol–water partition coefficient (Wildman–Crippen LogP) is 6.51. The predicted molar refractivity (Wildman–Crippen MR) is 156 cm³/mol. The van der Waals surface area contributed by atoms with E-state index in [1.54, 1.807) is 36.4 Å². The third kappa shape index (κ3) is 5.71. The molecule has 206 valence electrons. The quantitative estimate of drug-likeness (QED) is 0.251. The Kier molecular flexibility index (Phi) is 8.59. The average Bonchev–Trinajstić information content (AvgIpc) is 2.97. The van der Waals surface area contributed by atoms with Crippen molar-refractivity contribution in [2.45, 2.75) is 13.8 Å². The average molecular weight is 541 g/mol. The summed E-state index contributed by atoms with van der Waals surface area (Å²) in [4.78, 5) is 26.2. The van der Waals surface area contributed by atoms with E-state index in [1.807, 2.05) is 50.2 Å². The highest BCUT2D eigenvalue weighted by molar-refractivity contribution is 6.09. The number of rotatable bonds is 9. The lowest BCUT2D eigenvalue weighted by Gasteiger charge is -2.16. The fourth-order valence-corrected chi connectivity index (χ4v) is 4.49. The Morgan fingerprint density at radius 3 is 1.12 bits per heavy atom. The van der Waals surface area contributed by atoms with Crippen molar-refractivity contribution < 1.29 is 28.5 Å². The van der Waals surface area contributed by atoms with Gasteiger partial charge in [-0.3, -0.25) is 9.59 Å². The Hall–Kier alpha value is -4.98. The molecule has 0 aromatic heterocycles. The number of nitrogens with one attached hydrogen (secondary N) is 2. The van der Waals surface area contributed by atoms with Gasteiger partial charge in [-0.05, 0) is 84.6 Å². The summed E-state index contributed by atoms with van der Waals surface area (Å²) in [6, 6.07) is 22.0. The SMILES string of the molecule is COc1cccc(OC)c1C(=O)Nc1ccc(-c2ccc(NC(=O)c3c(OC)cccc3OC)c(C)c2)cc1C. The second-order valence-corrected chi connectivity index (χ2v) is 9.04. The van der Waals surface area contributed by atoms with E-state index >= 15 is 0 Å². The second-order valence-electron chi connectivity index (χ2n) is 9.04. The molecule has 40 heavy (non-hydrogen) atoms. The molecule has 0 spiro atoms. The fraction of sp³-hybridized carbons (Fsp3) is 0.188. The summed E-state index contributed by atoms with van der Waals surface area (Å²) in [5, 5.41) is 5.93. The molecule has 8 heteroatoms. The van der Waals surface area contributed by atoms with Gasteiger partial charge in [-0.1, -0.05) is 24.3 Å². The Bertz CT molecular complexity index is 1400. The molecule has 0 bridgehead atoms. The number of hydrogen-bond donors (Lipinski definition) is 2. The molecule has 2 amide bonds. The summed E-state index contributed by atoms with van der Waals surface area (Å²) < 4.78 is 21.5. The highest BCUT2D eigenvalue weighted by Gasteiger charge is 2.20. The third-order valence-electron chi connectivity index (χ3n) is 6.59. The van der Waals surface area contributed by atoms with Crippen LogP contribution in [-0.4, -0.2) is 40.3 Å². The van der Waals surface area contributed by atoms with Crippen LogP contribution in [0.15, 0.2) is 72.8 Å². The largest absolute Gasteiger partial charge is 0.496 e. The van der Waals surface area contributed by atoms with Gasteiger partial charge in [0, 0.05) is 11.4 Å². The number of carbonyl (C=O) groups excluding carboxylic acids is 2. The van der Waals surface area contributed by atoms with E-state index in [1.165, 1.54) is 28.4 Å². The van der Waals surface area contributed by atoms with Gasteiger partial charge in [-0.15, -0.1) is 0 Å². The van der Waals surface area contributed by atoms with Crippen LogP contribution in [0.2, 0.25) is 0 Å². The minimum Gasteiger partial charge on any atom is -0.496 e. The summed E-state index contributed by atoms with van der Waals surface area (Å²) in [7, 11) is 6.05. The zero-order chi connectivity index (χ0) is 28.8. The van der Waals surface area contributed by atoms with Crippen LogP contribution < -0.4 is 29.6 Å². The third-order valence-corrected chi connectivity index (χ3v) is 6.59. The molecule has 4 aromatic carbocycles. The normalized spacial score (nSPS) is 10.4. The molecule has 0 unspecified atom stereocenters. The van der Waals surface area contributed by atoms with Crippen LogP contribution in [0.3, 0.4) is 0 Å². The number of amides is 2. The standard InChI is InChI=1S/C32H32N2O6/c1-19-17-21(13-15-23(19)33-31(35)29-25(37-3)9-7-10-26(29)38-4)22-14-16-24(20(2)18-22)34-32(36)30-27(39-5)11-8-12-28(30)40-6/h7-18H,1-6H3,(H,33,35)(H,34,36). The Labute approximate surface area is 233 Å². The topological polar surface area (TPSA) is 95.1 Å². The van der Waals surface area contributed by atoms with Crippen molar-refractivity contribution >= 4 is 23.2 Å². The van der Waals surface area contributed by atoms with Crippen LogP contribution in [0.25, 0.3) is 11.1 Å². The summed E-state index contributed by atoms with van der Waals surface area (Å²) in [5.41, 5.74) is 5.72. The lowest BCUT2D eigenvalue weighted by atomic mass is 9.99. The molecule has 2 N–H and O–H groups in total. The van der Waals surface area contributed by atoms with E-state index < -0.39 is 0 Å². The van der Waals surface area contributed by atoms with E-state index in [-0.39, 0.29) is 11.8 Å². The number of ether oxygens (including phenoxy) is 4. The minimum atomic E-state index is -0.326. The molecule has 0 aliphatic heterocycles. The van der Waals surface area contributed by atoms with E-state index in [0.717, 1.165) is 22.3 Å². The number of methoxy groups -OCH3 is 4. The number of anilines is 2. The fourth-order valence-electron chi connectivity index (χ4n) is 4.49. The van der Waals surface area contributed by atoms with Crippen molar-refractivity contribution in [2.24, 2.45) is 0 Å². The molecule has 0 heterocycles. The first-order valence-corrected chi connectivity index (χ1v) is 12.6. The molecule has 8 nitrogen and oxygen atoms in total. The Morgan fingerprint density at radius 1 is 0.525 bits per heavy atom. The molecular formula is C32H32N2O6. The Morgan fingerprint density at radius 2 is 0.850 bits per heavy atom. The maximum absolute atomic E-state index is 13.1. The maximum atomic E-state index is 13.1. The van der Waals surface area contributed by atoms with Crippen molar-refractivity contribution in [3.63, 3.8) is 0 Å². The molecule has 0 aliphatic carbocycles. The summed E-state index contributed by atoms with van der Waals surface area (Å²) in [5.74, 6) is 1.06. The van der Waals surface area contributed by atoms with E-state index in [4.69, 9.17) is 18.9 Å². The molecule has 0 saturated carbocycles. The molecule has 0 saturated heterocycles. The molecular weight excluding hydrogens is 508 g/mol. The van der Waals surface area contributed by atoms with Gasteiger partial charge in [0.2, 0.25) is 0 Å². The number of aryl methyl sites for hydroxylation is 2. The first-order valence-electron chi connectivity index (χ1n) is 12.6. The molecule has 0 fully saturated rings. The van der Waals surface area contributed by atoms with Crippen LogP contribution in [-0.2, 0) is 0 Å². The molecule has 0 atom stereocenters. The van der Waals surface area contributed by atoms with Crippen molar-refractivity contribution in [1.82, 2.24) is 0 Å². The van der Waals surface area contributed by atoms with Gasteiger partial charge in [0.05, 0.1) is 28.4 Å². The van der Waals surface area contributed by atoms with E-state index in [2.05, 4.69) is 10.6 Å². The smallest absolute Gasteiger partial charge is 0.263 e. The zero-order valence-electron chi connectivity index (χ0n) is 23.4. The van der Waals surface area contributed by atoms with Gasteiger partial charge in [0.25, 0.3) is 11.8 Å². The molecule has 0 aliphatic rings. The zero-order valence-corrected chi connectivity index (χ0v) is 23.4. The molecule has 4 rings (SSSR count). The van der Waals surface area contributed by atoms with Crippen molar-refractivity contribution in [2.75, 3.05) is 39.1 Å². The highest BCUT2D eigenvalue weighted by Crippen LogP contribution is 2.33. The van der Waals surface area contributed by atoms with Gasteiger partial charge in [0.1, 0.15) is 34.1 Å². The highest BCUT2D eigenvalue weighted by atomic mass is 16.5. The van der Waals surface area contributed by atoms with E-state index in [9.17, 15) is 9.59 Å². The Balaban J connectivity index is 1.54. The second kappa shape index (κ2) is 12.3. The first-order chi connectivity index (χ1) is 19.3. The van der Waals surface area contributed by atoms with Crippen LogP contribution in [0, 0.1) is 13.8 Å².